The van der Waals surface area contributed by atoms with Crippen LogP contribution in [0.15, 0.2) is 36.7 Å². The fourth-order valence-electron chi connectivity index (χ4n) is 3.87. The predicted molar refractivity (Wildman–Crippen MR) is 97.6 cm³/mol. The van der Waals surface area contributed by atoms with Gasteiger partial charge in [0.05, 0.1) is 11.5 Å². The van der Waals surface area contributed by atoms with E-state index in [1.807, 2.05) is 35.2 Å². The molecule has 1 aromatic carbocycles. The molecule has 1 unspecified atom stereocenters. The Hall–Kier alpha value is -2.33. The molecule has 2 aliphatic rings. The number of tetrazole rings is 1. The lowest BCUT2D eigenvalue weighted by Gasteiger charge is -2.38. The van der Waals surface area contributed by atoms with Crippen LogP contribution < -0.4 is 0 Å². The van der Waals surface area contributed by atoms with Crippen molar-refractivity contribution in [1.29, 1.82) is 0 Å². The van der Waals surface area contributed by atoms with Gasteiger partial charge in [0.25, 0.3) is 5.91 Å². The molecule has 2 aromatic rings. The molecule has 0 N–H and O–H groups in total. The number of carbonyl (C=O) groups excluding carboxylic acids is 1. The van der Waals surface area contributed by atoms with Gasteiger partial charge in [-0.15, -0.1) is 5.10 Å². The van der Waals surface area contributed by atoms with Crippen molar-refractivity contribution in [3.63, 3.8) is 0 Å². The Morgan fingerprint density at radius 1 is 1.11 bits per heavy atom. The summed E-state index contributed by atoms with van der Waals surface area (Å²) in [5.41, 5.74) is 0.833. The SMILES string of the molecule is O=C([C@H](c1ccccc1)n1cnnn1)N1CCN(C2CCS(=O)(=O)C2)CC1. The van der Waals surface area contributed by atoms with E-state index in [4.69, 9.17) is 0 Å². The van der Waals surface area contributed by atoms with Crippen molar-refractivity contribution in [2.45, 2.75) is 18.5 Å². The van der Waals surface area contributed by atoms with Gasteiger partial charge in [0.2, 0.25) is 0 Å². The van der Waals surface area contributed by atoms with Crippen LogP contribution in [-0.2, 0) is 14.6 Å². The third-order valence-corrected chi connectivity index (χ3v) is 7.08. The minimum absolute atomic E-state index is 0.0489. The molecule has 1 amide bonds. The topological polar surface area (TPSA) is 101 Å². The summed E-state index contributed by atoms with van der Waals surface area (Å²) in [6.45, 7) is 2.51. The minimum Gasteiger partial charge on any atom is -0.338 e. The predicted octanol–water partition coefficient (Wildman–Crippen LogP) is -0.406. The van der Waals surface area contributed by atoms with Crippen LogP contribution in [0.2, 0.25) is 0 Å². The summed E-state index contributed by atoms with van der Waals surface area (Å²) < 4.78 is 24.9. The van der Waals surface area contributed by atoms with Crippen molar-refractivity contribution in [3.8, 4) is 0 Å². The van der Waals surface area contributed by atoms with Gasteiger partial charge < -0.3 is 4.90 Å². The number of sulfone groups is 1. The average Bonchev–Trinajstić information content (AvgIpc) is 3.33. The van der Waals surface area contributed by atoms with E-state index in [0.29, 0.717) is 32.6 Å². The van der Waals surface area contributed by atoms with Crippen molar-refractivity contribution >= 4 is 15.7 Å². The van der Waals surface area contributed by atoms with Crippen LogP contribution in [0, 0.1) is 0 Å². The fourth-order valence-corrected chi connectivity index (χ4v) is 5.64. The molecule has 3 heterocycles. The highest BCUT2D eigenvalue weighted by Crippen LogP contribution is 2.23. The van der Waals surface area contributed by atoms with Crippen LogP contribution in [0.4, 0.5) is 0 Å². The molecule has 0 bridgehead atoms. The Labute approximate surface area is 157 Å². The summed E-state index contributed by atoms with van der Waals surface area (Å²) >= 11 is 0. The van der Waals surface area contributed by atoms with E-state index >= 15 is 0 Å². The molecule has 0 spiro atoms. The third-order valence-electron chi connectivity index (χ3n) is 5.33. The van der Waals surface area contributed by atoms with E-state index in [9.17, 15) is 13.2 Å². The lowest BCUT2D eigenvalue weighted by Crippen LogP contribution is -2.53. The maximum absolute atomic E-state index is 13.2. The number of nitrogens with zero attached hydrogens (tertiary/aromatic N) is 6. The van der Waals surface area contributed by atoms with Gasteiger partial charge in [-0.1, -0.05) is 30.3 Å². The number of aromatic nitrogens is 4. The van der Waals surface area contributed by atoms with Crippen LogP contribution in [-0.4, -0.2) is 88.1 Å². The second-order valence-electron chi connectivity index (χ2n) is 7.02. The van der Waals surface area contributed by atoms with Crippen LogP contribution in [0.25, 0.3) is 0 Å². The Morgan fingerprint density at radius 2 is 1.85 bits per heavy atom. The second-order valence-corrected chi connectivity index (χ2v) is 9.25. The lowest BCUT2D eigenvalue weighted by molar-refractivity contribution is -0.135. The first-order chi connectivity index (χ1) is 13.0. The van der Waals surface area contributed by atoms with E-state index in [1.54, 1.807) is 0 Å². The molecule has 144 valence electrons. The number of carbonyl (C=O) groups is 1. The fraction of sp³-hybridized carbons (Fsp3) is 0.529. The molecule has 2 aliphatic heterocycles. The van der Waals surface area contributed by atoms with Gasteiger partial charge in [0.15, 0.2) is 15.9 Å². The maximum atomic E-state index is 13.2. The quantitative estimate of drug-likeness (QED) is 0.700. The smallest absolute Gasteiger partial charge is 0.252 e. The first kappa shape index (κ1) is 18.1. The Morgan fingerprint density at radius 3 is 2.44 bits per heavy atom. The summed E-state index contributed by atoms with van der Waals surface area (Å²) in [4.78, 5) is 17.2. The molecule has 0 aliphatic carbocycles. The second kappa shape index (κ2) is 7.35. The van der Waals surface area contributed by atoms with E-state index in [0.717, 1.165) is 5.56 Å². The zero-order chi connectivity index (χ0) is 18.9. The average molecular weight is 390 g/mol. The molecule has 2 fully saturated rings. The van der Waals surface area contributed by atoms with E-state index < -0.39 is 15.9 Å². The van der Waals surface area contributed by atoms with Crippen molar-refractivity contribution in [1.82, 2.24) is 30.0 Å². The van der Waals surface area contributed by atoms with Gasteiger partial charge in [0, 0.05) is 32.2 Å². The third kappa shape index (κ3) is 3.86. The zero-order valence-corrected chi connectivity index (χ0v) is 15.7. The van der Waals surface area contributed by atoms with Crippen molar-refractivity contribution in [2.24, 2.45) is 0 Å². The molecule has 10 heteroatoms. The Kier molecular flexibility index (Phi) is 4.92. The normalized spacial score (nSPS) is 24.0. The number of hydrogen-bond donors (Lipinski definition) is 0. The first-order valence-corrected chi connectivity index (χ1v) is 10.9. The highest BCUT2D eigenvalue weighted by atomic mass is 32.2. The van der Waals surface area contributed by atoms with Gasteiger partial charge in [-0.05, 0) is 22.4 Å². The molecule has 0 saturated carbocycles. The summed E-state index contributed by atoms with van der Waals surface area (Å²) in [5.74, 6) is 0.455. The van der Waals surface area contributed by atoms with E-state index in [2.05, 4.69) is 20.4 Å². The van der Waals surface area contributed by atoms with Gasteiger partial charge in [-0.25, -0.2) is 13.1 Å². The standard InChI is InChI=1S/C17H22N6O3S/c24-17(16(23-13-18-19-20-23)14-4-2-1-3-5-14)22-9-7-21(8-10-22)15-6-11-27(25,26)12-15/h1-5,13,15-16H,6-12H2/t15?,16-/m0/s1. The van der Waals surface area contributed by atoms with Crippen LogP contribution in [0.3, 0.4) is 0 Å². The van der Waals surface area contributed by atoms with E-state index in [-0.39, 0.29) is 23.5 Å². The van der Waals surface area contributed by atoms with Gasteiger partial charge in [-0.2, -0.15) is 0 Å². The molecule has 1 aromatic heterocycles. The molecule has 4 rings (SSSR count). The summed E-state index contributed by atoms with van der Waals surface area (Å²) in [7, 11) is -2.90. The van der Waals surface area contributed by atoms with Gasteiger partial charge in [0.1, 0.15) is 6.33 Å². The zero-order valence-electron chi connectivity index (χ0n) is 14.9. The summed E-state index contributed by atoms with van der Waals surface area (Å²) in [5, 5.41) is 11.3. The Bertz CT molecular complexity index is 879. The number of rotatable bonds is 4. The number of piperazine rings is 1. The van der Waals surface area contributed by atoms with Crippen molar-refractivity contribution < 1.29 is 13.2 Å². The monoisotopic (exact) mass is 390 g/mol. The largest absolute Gasteiger partial charge is 0.338 e. The van der Waals surface area contributed by atoms with Crippen LogP contribution >= 0.6 is 0 Å². The molecule has 27 heavy (non-hydrogen) atoms. The number of amides is 1. The summed E-state index contributed by atoms with van der Waals surface area (Å²) in [6, 6.07) is 8.94. The molecule has 0 radical (unpaired) electrons. The highest BCUT2D eigenvalue weighted by molar-refractivity contribution is 7.91. The van der Waals surface area contributed by atoms with Crippen molar-refractivity contribution in [3.05, 3.63) is 42.2 Å². The lowest BCUT2D eigenvalue weighted by atomic mass is 10.1. The van der Waals surface area contributed by atoms with E-state index in [1.165, 1.54) is 11.0 Å². The van der Waals surface area contributed by atoms with Crippen molar-refractivity contribution in [2.75, 3.05) is 37.7 Å². The van der Waals surface area contributed by atoms with Gasteiger partial charge in [-0.3, -0.25) is 9.69 Å². The van der Waals surface area contributed by atoms with Crippen LogP contribution in [0.5, 0.6) is 0 Å². The number of benzene rings is 1. The summed E-state index contributed by atoms with van der Waals surface area (Å²) in [6.07, 6.45) is 2.14. The Balaban J connectivity index is 1.46. The molecule has 9 nitrogen and oxygen atoms in total. The molecule has 2 saturated heterocycles. The van der Waals surface area contributed by atoms with Crippen LogP contribution in [0.1, 0.15) is 18.0 Å². The molecular formula is C17H22N6O3S. The number of hydrogen-bond acceptors (Lipinski definition) is 7. The molecule has 2 atom stereocenters. The highest BCUT2D eigenvalue weighted by Gasteiger charge is 2.36. The van der Waals surface area contributed by atoms with Gasteiger partial charge >= 0.3 is 0 Å². The molecular weight excluding hydrogens is 368 g/mol. The minimum atomic E-state index is -2.90. The first-order valence-electron chi connectivity index (χ1n) is 9.04. The maximum Gasteiger partial charge on any atom is 0.252 e.